The van der Waals surface area contributed by atoms with Gasteiger partial charge in [0.1, 0.15) is 12.6 Å². The molecule has 0 fully saturated rings. The van der Waals surface area contributed by atoms with Crippen LogP contribution in [-0.4, -0.2) is 64.2 Å². The van der Waals surface area contributed by atoms with E-state index in [-0.39, 0.29) is 30.6 Å². The van der Waals surface area contributed by atoms with E-state index in [2.05, 4.69) is 5.32 Å². The first-order chi connectivity index (χ1) is 20.0. The molecule has 3 aromatic carbocycles. The van der Waals surface area contributed by atoms with Gasteiger partial charge < -0.3 is 19.7 Å². The van der Waals surface area contributed by atoms with Crippen LogP contribution in [0, 0.1) is 0 Å². The quantitative estimate of drug-likeness (QED) is 0.282. The number of methoxy groups -OCH3 is 2. The Labute approximate surface area is 253 Å². The minimum Gasteiger partial charge on any atom is -0.493 e. The van der Waals surface area contributed by atoms with Gasteiger partial charge in [-0.25, -0.2) is 8.42 Å². The van der Waals surface area contributed by atoms with Gasteiger partial charge in [0.25, 0.3) is 0 Å². The first-order valence-corrected chi connectivity index (χ1v) is 15.8. The Balaban J connectivity index is 2.07. The van der Waals surface area contributed by atoms with Crippen molar-refractivity contribution in [2.45, 2.75) is 45.3 Å². The maximum absolute atomic E-state index is 14.2. The van der Waals surface area contributed by atoms with Crippen LogP contribution in [0.4, 0.5) is 5.69 Å². The molecule has 0 saturated carbocycles. The molecule has 0 aromatic heterocycles. The van der Waals surface area contributed by atoms with Gasteiger partial charge in [0.2, 0.25) is 21.8 Å². The van der Waals surface area contributed by atoms with E-state index in [9.17, 15) is 18.0 Å². The van der Waals surface area contributed by atoms with E-state index in [4.69, 9.17) is 21.1 Å². The van der Waals surface area contributed by atoms with E-state index in [0.717, 1.165) is 21.7 Å². The van der Waals surface area contributed by atoms with Crippen LogP contribution in [0.3, 0.4) is 0 Å². The summed E-state index contributed by atoms with van der Waals surface area (Å²) in [6.07, 6.45) is 1.96. The first-order valence-electron chi connectivity index (χ1n) is 13.5. The van der Waals surface area contributed by atoms with Crippen LogP contribution in [-0.2, 0) is 32.6 Å². The summed E-state index contributed by atoms with van der Waals surface area (Å²) >= 11 is 6.10. The average Bonchev–Trinajstić information content (AvgIpc) is 2.97. The maximum Gasteiger partial charge on any atom is 0.244 e. The summed E-state index contributed by atoms with van der Waals surface area (Å²) in [7, 11) is -1.01. The molecule has 0 spiro atoms. The lowest BCUT2D eigenvalue weighted by atomic mass is 10.0. The fraction of sp³-hybridized carbons (Fsp3) is 0.355. The molecule has 0 saturated heterocycles. The van der Waals surface area contributed by atoms with Gasteiger partial charge in [0.05, 0.1) is 26.2 Å². The lowest BCUT2D eigenvalue weighted by molar-refractivity contribution is -0.140. The number of halogens is 1. The molecule has 0 radical (unpaired) electrons. The summed E-state index contributed by atoms with van der Waals surface area (Å²) in [6, 6.07) is 19.9. The number of anilines is 1. The van der Waals surface area contributed by atoms with E-state index in [0.29, 0.717) is 22.9 Å². The van der Waals surface area contributed by atoms with Crippen molar-refractivity contribution in [3.05, 3.63) is 88.9 Å². The minimum atomic E-state index is -3.93. The largest absolute Gasteiger partial charge is 0.493 e. The summed E-state index contributed by atoms with van der Waals surface area (Å²) in [5, 5.41) is 3.54. The van der Waals surface area contributed by atoms with Gasteiger partial charge in [-0.15, -0.1) is 0 Å². The third kappa shape index (κ3) is 8.87. The Morgan fingerprint density at radius 2 is 1.57 bits per heavy atom. The summed E-state index contributed by atoms with van der Waals surface area (Å²) in [5.41, 5.74) is 1.81. The SMILES string of the molecule is CC[C@H](C)NC(=O)[C@H](Cc1ccccc1)N(Cc1ccc(Cl)cc1)C(=O)CN(c1ccc(OC)c(OC)c1)S(C)(=O)=O. The van der Waals surface area contributed by atoms with Crippen LogP contribution in [0.1, 0.15) is 31.4 Å². The molecule has 2 amide bonds. The van der Waals surface area contributed by atoms with Crippen molar-refractivity contribution in [1.29, 1.82) is 0 Å². The van der Waals surface area contributed by atoms with Crippen LogP contribution in [0.15, 0.2) is 72.8 Å². The summed E-state index contributed by atoms with van der Waals surface area (Å²) in [6.45, 7) is 3.38. The zero-order valence-corrected chi connectivity index (χ0v) is 26.1. The number of amides is 2. The topological polar surface area (TPSA) is 105 Å². The first kappa shape index (κ1) is 32.8. The van der Waals surface area contributed by atoms with Crippen molar-refractivity contribution in [2.24, 2.45) is 0 Å². The molecule has 3 rings (SSSR count). The highest BCUT2D eigenvalue weighted by Crippen LogP contribution is 2.32. The molecule has 0 unspecified atom stereocenters. The molecular weight excluding hydrogens is 578 g/mol. The molecule has 0 aliphatic rings. The highest BCUT2D eigenvalue weighted by atomic mass is 35.5. The number of nitrogens with zero attached hydrogens (tertiary/aromatic N) is 2. The molecular formula is C31H38ClN3O6S. The summed E-state index contributed by atoms with van der Waals surface area (Å²) < 4.78 is 37.7. The smallest absolute Gasteiger partial charge is 0.244 e. The Morgan fingerprint density at radius 3 is 2.14 bits per heavy atom. The number of benzene rings is 3. The van der Waals surface area contributed by atoms with Crippen LogP contribution in [0.5, 0.6) is 11.5 Å². The van der Waals surface area contributed by atoms with Crippen molar-refractivity contribution >= 4 is 39.1 Å². The molecule has 9 nitrogen and oxygen atoms in total. The number of ether oxygens (including phenoxy) is 2. The van der Waals surface area contributed by atoms with E-state index in [1.807, 2.05) is 44.2 Å². The third-order valence-corrected chi connectivity index (χ3v) is 8.27. The zero-order chi connectivity index (χ0) is 30.9. The van der Waals surface area contributed by atoms with Gasteiger partial charge in [0, 0.05) is 30.1 Å². The lowest BCUT2D eigenvalue weighted by Gasteiger charge is -2.34. The highest BCUT2D eigenvalue weighted by molar-refractivity contribution is 7.92. The van der Waals surface area contributed by atoms with Crippen molar-refractivity contribution in [1.82, 2.24) is 10.2 Å². The van der Waals surface area contributed by atoms with Crippen LogP contribution >= 0.6 is 11.6 Å². The van der Waals surface area contributed by atoms with Gasteiger partial charge >= 0.3 is 0 Å². The number of nitrogens with one attached hydrogen (secondary N) is 1. The Morgan fingerprint density at radius 1 is 0.929 bits per heavy atom. The standard InChI is InChI=1S/C31H38ClN3O6S/c1-6-22(2)33-31(37)27(18-23-10-8-7-9-11-23)34(20-24-12-14-25(32)15-13-24)30(36)21-35(42(5,38)39)26-16-17-28(40-3)29(19-26)41-4/h7-17,19,22,27H,6,18,20-21H2,1-5H3,(H,33,37)/t22-,27-/m0/s1. The second-order valence-corrected chi connectivity index (χ2v) is 12.3. The van der Waals surface area contributed by atoms with Crippen molar-refractivity contribution in [3.63, 3.8) is 0 Å². The summed E-state index contributed by atoms with van der Waals surface area (Å²) in [5.74, 6) is -0.156. The van der Waals surface area contributed by atoms with Gasteiger partial charge in [0.15, 0.2) is 11.5 Å². The van der Waals surface area contributed by atoms with Gasteiger partial charge in [-0.3, -0.25) is 13.9 Å². The fourth-order valence-corrected chi connectivity index (χ4v) is 5.34. The molecule has 0 aliphatic heterocycles. The number of carbonyl (C=O) groups is 2. The van der Waals surface area contributed by atoms with Crippen LogP contribution < -0.4 is 19.1 Å². The predicted octanol–water partition coefficient (Wildman–Crippen LogP) is 4.68. The molecule has 3 aromatic rings. The molecule has 0 heterocycles. The van der Waals surface area contributed by atoms with Crippen molar-refractivity contribution < 1.29 is 27.5 Å². The molecule has 1 N–H and O–H groups in total. The molecule has 0 bridgehead atoms. The van der Waals surface area contributed by atoms with Crippen LogP contribution in [0.25, 0.3) is 0 Å². The van der Waals surface area contributed by atoms with E-state index in [1.165, 1.54) is 31.3 Å². The Hall–Kier alpha value is -3.76. The number of hydrogen-bond donors (Lipinski definition) is 1. The second kappa shape index (κ2) is 14.9. The van der Waals surface area contributed by atoms with Gasteiger partial charge in [-0.2, -0.15) is 0 Å². The molecule has 0 aliphatic carbocycles. The molecule has 2 atom stereocenters. The predicted molar refractivity (Wildman–Crippen MR) is 166 cm³/mol. The number of hydrogen-bond acceptors (Lipinski definition) is 6. The number of carbonyl (C=O) groups excluding carboxylic acids is 2. The average molecular weight is 616 g/mol. The Bertz CT molecular complexity index is 1450. The monoisotopic (exact) mass is 615 g/mol. The molecule has 226 valence electrons. The fourth-order valence-electron chi connectivity index (χ4n) is 4.38. The van der Waals surface area contributed by atoms with Crippen molar-refractivity contribution in [2.75, 3.05) is 31.3 Å². The molecule has 11 heteroatoms. The minimum absolute atomic E-state index is 0.0605. The second-order valence-electron chi connectivity index (χ2n) is 9.98. The van der Waals surface area contributed by atoms with Gasteiger partial charge in [-0.1, -0.05) is 61.0 Å². The van der Waals surface area contributed by atoms with Crippen molar-refractivity contribution in [3.8, 4) is 11.5 Å². The zero-order valence-electron chi connectivity index (χ0n) is 24.5. The van der Waals surface area contributed by atoms with Crippen LogP contribution in [0.2, 0.25) is 5.02 Å². The number of rotatable bonds is 14. The normalized spacial score (nSPS) is 12.6. The van der Waals surface area contributed by atoms with E-state index in [1.54, 1.807) is 30.3 Å². The maximum atomic E-state index is 14.2. The Kier molecular flexibility index (Phi) is 11.6. The third-order valence-electron chi connectivity index (χ3n) is 6.87. The lowest BCUT2D eigenvalue weighted by Crippen LogP contribution is -2.54. The van der Waals surface area contributed by atoms with Gasteiger partial charge in [-0.05, 0) is 48.7 Å². The van der Waals surface area contributed by atoms with E-state index >= 15 is 0 Å². The highest BCUT2D eigenvalue weighted by Gasteiger charge is 2.33. The van der Waals surface area contributed by atoms with E-state index < -0.39 is 28.5 Å². The summed E-state index contributed by atoms with van der Waals surface area (Å²) in [4.78, 5) is 29.3. The molecule has 42 heavy (non-hydrogen) atoms. The number of sulfonamides is 1.